The molecule has 4 rings (SSSR count). The minimum Gasteiger partial charge on any atom is -0.494 e. The maximum absolute atomic E-state index is 13.5. The summed E-state index contributed by atoms with van der Waals surface area (Å²) in [6.07, 6.45) is 3.90. The molecule has 0 radical (unpaired) electrons. The quantitative estimate of drug-likeness (QED) is 0.182. The number of hydrazine groups is 1. The number of aryl methyl sites for hydroxylation is 1. The van der Waals surface area contributed by atoms with Crippen molar-refractivity contribution in [1.82, 2.24) is 30.1 Å². The van der Waals surface area contributed by atoms with Gasteiger partial charge in [0.25, 0.3) is 12.3 Å². The van der Waals surface area contributed by atoms with E-state index in [0.717, 1.165) is 12.8 Å². The SMILES string of the molecule is COc1cnc(C(F)F)cc1-c1cc(-c2ccn(C)n2)cnc1C(=O)NC(C)SC(C#CC1CC1)N(C)N. The molecule has 2 atom stereocenters. The Balaban J connectivity index is 1.69. The van der Waals surface area contributed by atoms with Crippen LogP contribution in [0.4, 0.5) is 8.78 Å². The van der Waals surface area contributed by atoms with Crippen LogP contribution < -0.4 is 15.9 Å². The van der Waals surface area contributed by atoms with Gasteiger partial charge in [0.15, 0.2) is 0 Å². The van der Waals surface area contributed by atoms with Gasteiger partial charge in [-0.05, 0) is 38.0 Å². The molecule has 1 aliphatic carbocycles. The molecule has 3 aromatic rings. The Morgan fingerprint density at radius 2 is 2.05 bits per heavy atom. The van der Waals surface area contributed by atoms with E-state index < -0.39 is 18.0 Å². The molecular weight excluding hydrogens is 512 g/mol. The number of carbonyl (C=O) groups is 1. The summed E-state index contributed by atoms with van der Waals surface area (Å²) in [6.45, 7) is 1.82. The van der Waals surface area contributed by atoms with Crippen molar-refractivity contribution in [1.29, 1.82) is 0 Å². The highest BCUT2D eigenvalue weighted by Crippen LogP contribution is 2.36. The highest BCUT2D eigenvalue weighted by molar-refractivity contribution is 8.00. The zero-order valence-electron chi connectivity index (χ0n) is 21.5. The molecule has 1 fully saturated rings. The molecule has 0 bridgehead atoms. The second-order valence-corrected chi connectivity index (χ2v) is 10.4. The van der Waals surface area contributed by atoms with Crippen molar-refractivity contribution in [2.24, 2.45) is 18.8 Å². The van der Waals surface area contributed by atoms with Gasteiger partial charge in [-0.3, -0.25) is 20.3 Å². The lowest BCUT2D eigenvalue weighted by atomic mass is 9.99. The van der Waals surface area contributed by atoms with E-state index in [1.54, 1.807) is 37.1 Å². The van der Waals surface area contributed by atoms with Gasteiger partial charge < -0.3 is 10.1 Å². The predicted octanol–water partition coefficient (Wildman–Crippen LogP) is 3.84. The monoisotopic (exact) mass is 541 g/mol. The molecule has 12 heteroatoms. The number of hydrogen-bond acceptors (Lipinski definition) is 8. The molecule has 0 aromatic carbocycles. The van der Waals surface area contributed by atoms with Crippen molar-refractivity contribution in [2.45, 2.75) is 36.9 Å². The maximum Gasteiger partial charge on any atom is 0.280 e. The van der Waals surface area contributed by atoms with Gasteiger partial charge >= 0.3 is 0 Å². The number of halogens is 2. The fourth-order valence-corrected chi connectivity index (χ4v) is 4.53. The van der Waals surface area contributed by atoms with E-state index in [-0.39, 0.29) is 27.8 Å². The molecule has 3 N–H and O–H groups in total. The van der Waals surface area contributed by atoms with Crippen LogP contribution in [0.2, 0.25) is 0 Å². The van der Waals surface area contributed by atoms with Crippen LogP contribution in [0.25, 0.3) is 22.4 Å². The number of nitrogens with two attached hydrogens (primary N) is 1. The van der Waals surface area contributed by atoms with Crippen molar-refractivity contribution in [3.05, 3.63) is 48.2 Å². The molecule has 3 heterocycles. The molecule has 0 aliphatic heterocycles. The lowest BCUT2D eigenvalue weighted by Gasteiger charge is -2.23. The van der Waals surface area contributed by atoms with Crippen LogP contribution in [-0.4, -0.2) is 55.6 Å². The number of thioether (sulfide) groups is 1. The van der Waals surface area contributed by atoms with Crippen molar-refractivity contribution in [2.75, 3.05) is 14.2 Å². The Labute approximate surface area is 224 Å². The molecule has 38 heavy (non-hydrogen) atoms. The van der Waals surface area contributed by atoms with Gasteiger partial charge in [0.05, 0.1) is 24.4 Å². The van der Waals surface area contributed by atoms with E-state index >= 15 is 0 Å². The van der Waals surface area contributed by atoms with Crippen molar-refractivity contribution in [3.8, 4) is 40.0 Å². The van der Waals surface area contributed by atoms with Gasteiger partial charge in [0, 0.05) is 49.1 Å². The first kappa shape index (κ1) is 27.5. The first-order valence-electron chi connectivity index (χ1n) is 11.9. The molecule has 1 amide bonds. The van der Waals surface area contributed by atoms with Gasteiger partial charge in [0.2, 0.25) is 0 Å². The Morgan fingerprint density at radius 3 is 2.66 bits per heavy atom. The first-order chi connectivity index (χ1) is 18.2. The summed E-state index contributed by atoms with van der Waals surface area (Å²) in [5.74, 6) is 12.5. The number of ether oxygens (including phenoxy) is 1. The summed E-state index contributed by atoms with van der Waals surface area (Å²) >= 11 is 1.38. The van der Waals surface area contributed by atoms with Crippen LogP contribution in [0.5, 0.6) is 5.75 Å². The number of aromatic nitrogens is 4. The largest absolute Gasteiger partial charge is 0.494 e. The Hall–Kier alpha value is -3.53. The number of hydrogen-bond donors (Lipinski definition) is 2. The molecule has 0 spiro atoms. The average Bonchev–Trinajstić information content (AvgIpc) is 3.62. The molecule has 1 saturated carbocycles. The summed E-state index contributed by atoms with van der Waals surface area (Å²) in [4.78, 5) is 21.7. The molecule has 2 unspecified atom stereocenters. The summed E-state index contributed by atoms with van der Waals surface area (Å²) in [6, 6.07) is 4.69. The minimum atomic E-state index is -2.80. The van der Waals surface area contributed by atoms with Crippen LogP contribution >= 0.6 is 11.8 Å². The number of carbonyl (C=O) groups excluding carboxylic acids is 1. The zero-order chi connectivity index (χ0) is 27.4. The maximum atomic E-state index is 13.5. The lowest BCUT2D eigenvalue weighted by Crippen LogP contribution is -2.39. The molecule has 1 aliphatic rings. The van der Waals surface area contributed by atoms with E-state index in [2.05, 4.69) is 32.2 Å². The first-order valence-corrected chi connectivity index (χ1v) is 12.9. The number of methoxy groups -OCH3 is 1. The van der Waals surface area contributed by atoms with E-state index in [1.807, 2.05) is 6.92 Å². The van der Waals surface area contributed by atoms with Gasteiger partial charge in [-0.15, -0.1) is 11.8 Å². The molecule has 9 nitrogen and oxygen atoms in total. The number of nitrogens with zero attached hydrogens (tertiary/aromatic N) is 5. The van der Waals surface area contributed by atoms with Crippen LogP contribution in [0.1, 0.15) is 42.4 Å². The summed E-state index contributed by atoms with van der Waals surface area (Å²) in [5, 5.41) is 8.11. The number of amides is 1. The minimum absolute atomic E-state index is 0.0450. The van der Waals surface area contributed by atoms with Crippen molar-refractivity contribution < 1.29 is 18.3 Å². The van der Waals surface area contributed by atoms with Crippen LogP contribution in [0.3, 0.4) is 0 Å². The van der Waals surface area contributed by atoms with Crippen LogP contribution in [-0.2, 0) is 7.05 Å². The second-order valence-electron chi connectivity index (χ2n) is 8.94. The van der Waals surface area contributed by atoms with Gasteiger partial charge in [-0.1, -0.05) is 11.8 Å². The fraction of sp³-hybridized carbons (Fsp3) is 0.385. The van der Waals surface area contributed by atoms with Gasteiger partial charge in [-0.2, -0.15) is 5.10 Å². The normalized spacial score (nSPS) is 14.7. The fourth-order valence-electron chi connectivity index (χ4n) is 3.64. The van der Waals surface area contributed by atoms with Crippen molar-refractivity contribution >= 4 is 17.7 Å². The van der Waals surface area contributed by atoms with E-state index in [1.165, 1.54) is 42.3 Å². The molecule has 3 aromatic heterocycles. The predicted molar refractivity (Wildman–Crippen MR) is 142 cm³/mol. The van der Waals surface area contributed by atoms with E-state index in [0.29, 0.717) is 22.7 Å². The summed E-state index contributed by atoms with van der Waals surface area (Å²) < 4.78 is 34.1. The van der Waals surface area contributed by atoms with Gasteiger partial charge in [-0.25, -0.2) is 18.8 Å². The Kier molecular flexibility index (Phi) is 8.61. The Morgan fingerprint density at radius 1 is 1.29 bits per heavy atom. The Bertz CT molecular complexity index is 1370. The summed E-state index contributed by atoms with van der Waals surface area (Å²) in [7, 11) is 4.91. The van der Waals surface area contributed by atoms with Gasteiger partial charge in [0.1, 0.15) is 22.5 Å². The number of pyridine rings is 2. The molecule has 0 saturated heterocycles. The average molecular weight is 542 g/mol. The van der Waals surface area contributed by atoms with E-state index in [9.17, 15) is 13.6 Å². The third-order valence-electron chi connectivity index (χ3n) is 5.76. The third kappa shape index (κ3) is 6.66. The topological polar surface area (TPSA) is 111 Å². The van der Waals surface area contributed by atoms with E-state index in [4.69, 9.17) is 10.6 Å². The highest BCUT2D eigenvalue weighted by atomic mass is 32.2. The molecule has 200 valence electrons. The zero-order valence-corrected chi connectivity index (χ0v) is 22.3. The number of nitrogens with one attached hydrogen (secondary N) is 1. The summed E-state index contributed by atoms with van der Waals surface area (Å²) in [5.41, 5.74) is 1.40. The molecular formula is C26H29F2N7O2S. The second kappa shape index (κ2) is 11.9. The van der Waals surface area contributed by atoms with Crippen LogP contribution in [0.15, 0.2) is 36.8 Å². The van der Waals surface area contributed by atoms with Crippen molar-refractivity contribution in [3.63, 3.8) is 0 Å². The number of rotatable bonds is 9. The lowest BCUT2D eigenvalue weighted by molar-refractivity contribution is 0.0947. The number of alkyl halides is 2. The van der Waals surface area contributed by atoms with Crippen LogP contribution in [0, 0.1) is 17.8 Å². The smallest absolute Gasteiger partial charge is 0.280 e. The standard InChI is InChI=1S/C26H29F2N7O2S/c1-15(38-23(35(3)29)8-7-16-5-6-16)32-26(36)24-19(11-17(13-31-24)20-9-10-34(2)33-20)18-12-21(25(27)28)30-14-22(18)37-4/h9-16,23,25H,5-6,29H2,1-4H3,(H,32,36). The highest BCUT2D eigenvalue weighted by Gasteiger charge is 2.24. The third-order valence-corrected chi connectivity index (χ3v) is 6.99.